The van der Waals surface area contributed by atoms with Gasteiger partial charge in [-0.05, 0) is 30.4 Å². The van der Waals surface area contributed by atoms with Crippen LogP contribution in [-0.4, -0.2) is 26.1 Å². The van der Waals surface area contributed by atoms with Gasteiger partial charge >= 0.3 is 0 Å². The van der Waals surface area contributed by atoms with E-state index in [1.165, 1.54) is 17.5 Å². The third-order valence-electron chi connectivity index (χ3n) is 3.82. The minimum Gasteiger partial charge on any atom is -0.370 e. The number of benzene rings is 1. The van der Waals surface area contributed by atoms with Crippen LogP contribution < -0.4 is 5.32 Å². The summed E-state index contributed by atoms with van der Waals surface area (Å²) in [7, 11) is 0. The van der Waals surface area contributed by atoms with Crippen molar-refractivity contribution in [3.8, 4) is 0 Å². The lowest BCUT2D eigenvalue weighted by molar-refractivity contribution is 0.893. The third-order valence-corrected chi connectivity index (χ3v) is 3.82. The molecule has 0 saturated heterocycles. The van der Waals surface area contributed by atoms with E-state index in [4.69, 9.17) is 0 Å². The predicted molar refractivity (Wildman–Crippen MR) is 88.2 cm³/mol. The zero-order valence-corrected chi connectivity index (χ0v) is 13.1. The molecule has 0 unspecified atom stereocenters. The first-order chi connectivity index (χ1) is 10.8. The van der Waals surface area contributed by atoms with E-state index >= 15 is 0 Å². The fourth-order valence-corrected chi connectivity index (χ4v) is 2.44. The van der Waals surface area contributed by atoms with Crippen molar-refractivity contribution in [3.63, 3.8) is 0 Å². The van der Waals surface area contributed by atoms with Gasteiger partial charge in [0.2, 0.25) is 0 Å². The van der Waals surface area contributed by atoms with Crippen molar-refractivity contribution in [2.24, 2.45) is 0 Å². The Morgan fingerprint density at radius 3 is 2.55 bits per heavy atom. The number of rotatable bonds is 6. The standard InChI is InChI=1S/C17H21N5/c1-3-13-5-7-14(8-6-13)9-10-18-16-11-15(4-2)21-17-19-12-20-22(16)17/h5-8,11-12,18H,3-4,9-10H2,1-2H3. The Hall–Kier alpha value is -2.43. The van der Waals surface area contributed by atoms with Crippen molar-refractivity contribution < 1.29 is 0 Å². The maximum Gasteiger partial charge on any atom is 0.254 e. The molecule has 3 rings (SSSR count). The molecule has 1 aromatic carbocycles. The van der Waals surface area contributed by atoms with Gasteiger partial charge < -0.3 is 5.32 Å². The lowest BCUT2D eigenvalue weighted by Crippen LogP contribution is -2.10. The Morgan fingerprint density at radius 1 is 1.05 bits per heavy atom. The number of nitrogens with one attached hydrogen (secondary N) is 1. The summed E-state index contributed by atoms with van der Waals surface area (Å²) >= 11 is 0. The average molecular weight is 295 g/mol. The highest BCUT2D eigenvalue weighted by Crippen LogP contribution is 2.12. The van der Waals surface area contributed by atoms with Gasteiger partial charge in [0.15, 0.2) is 0 Å². The van der Waals surface area contributed by atoms with E-state index in [9.17, 15) is 0 Å². The van der Waals surface area contributed by atoms with Crippen molar-refractivity contribution in [1.82, 2.24) is 19.6 Å². The molecule has 1 N–H and O–H groups in total. The number of hydrogen-bond acceptors (Lipinski definition) is 4. The molecule has 3 aromatic rings. The van der Waals surface area contributed by atoms with Gasteiger partial charge in [-0.1, -0.05) is 38.1 Å². The van der Waals surface area contributed by atoms with E-state index in [0.717, 1.165) is 37.3 Å². The summed E-state index contributed by atoms with van der Waals surface area (Å²) in [5, 5.41) is 7.67. The highest BCUT2D eigenvalue weighted by Gasteiger charge is 2.06. The lowest BCUT2D eigenvalue weighted by atomic mass is 10.1. The van der Waals surface area contributed by atoms with Crippen molar-refractivity contribution in [1.29, 1.82) is 0 Å². The number of hydrogen-bond donors (Lipinski definition) is 1. The summed E-state index contributed by atoms with van der Waals surface area (Å²) in [5.74, 6) is 1.60. The van der Waals surface area contributed by atoms with E-state index in [1.807, 2.05) is 6.07 Å². The Bertz CT molecular complexity index is 745. The number of fused-ring (bicyclic) bond motifs is 1. The smallest absolute Gasteiger partial charge is 0.254 e. The topological polar surface area (TPSA) is 55.1 Å². The summed E-state index contributed by atoms with van der Waals surface area (Å²) < 4.78 is 1.75. The van der Waals surface area contributed by atoms with Gasteiger partial charge in [0.05, 0.1) is 0 Å². The second-order valence-electron chi connectivity index (χ2n) is 5.30. The van der Waals surface area contributed by atoms with E-state index in [2.05, 4.69) is 58.5 Å². The zero-order valence-electron chi connectivity index (χ0n) is 13.1. The number of nitrogens with zero attached hydrogens (tertiary/aromatic N) is 4. The average Bonchev–Trinajstić information content (AvgIpc) is 3.04. The molecule has 2 aromatic heterocycles. The van der Waals surface area contributed by atoms with Gasteiger partial charge in [-0.25, -0.2) is 4.98 Å². The van der Waals surface area contributed by atoms with Gasteiger partial charge in [-0.15, -0.1) is 0 Å². The number of aromatic nitrogens is 4. The fraction of sp³-hybridized carbons (Fsp3) is 0.353. The molecule has 0 aliphatic carbocycles. The maximum atomic E-state index is 4.45. The Kier molecular flexibility index (Phi) is 4.32. The van der Waals surface area contributed by atoms with Crippen LogP contribution in [0.25, 0.3) is 5.78 Å². The second-order valence-corrected chi connectivity index (χ2v) is 5.30. The van der Waals surface area contributed by atoms with Crippen LogP contribution in [0, 0.1) is 0 Å². The Balaban J connectivity index is 1.69. The predicted octanol–water partition coefficient (Wildman–Crippen LogP) is 2.90. The van der Waals surface area contributed by atoms with Crippen molar-refractivity contribution in [3.05, 3.63) is 53.5 Å². The molecule has 0 aliphatic heterocycles. The largest absolute Gasteiger partial charge is 0.370 e. The summed E-state index contributed by atoms with van der Waals surface area (Å²) in [6, 6.07) is 10.9. The molecule has 0 atom stereocenters. The highest BCUT2D eigenvalue weighted by molar-refractivity contribution is 5.45. The van der Waals surface area contributed by atoms with Gasteiger partial charge in [-0.2, -0.15) is 14.6 Å². The minimum absolute atomic E-state index is 0.647. The quantitative estimate of drug-likeness (QED) is 0.759. The molecule has 5 nitrogen and oxygen atoms in total. The van der Waals surface area contributed by atoms with Gasteiger partial charge in [0.1, 0.15) is 12.1 Å². The van der Waals surface area contributed by atoms with Crippen molar-refractivity contribution in [2.45, 2.75) is 33.1 Å². The first-order valence-electron chi connectivity index (χ1n) is 7.81. The highest BCUT2D eigenvalue weighted by atomic mass is 15.3. The summed E-state index contributed by atoms with van der Waals surface area (Å²) in [6.45, 7) is 5.12. The SMILES string of the molecule is CCc1ccc(CCNc2cc(CC)nc3ncnn23)cc1. The minimum atomic E-state index is 0.647. The second kappa shape index (κ2) is 6.56. The van der Waals surface area contributed by atoms with Crippen LogP contribution in [0.3, 0.4) is 0 Å². The van der Waals surface area contributed by atoms with Crippen LogP contribution in [0.1, 0.15) is 30.7 Å². The first kappa shape index (κ1) is 14.5. The van der Waals surface area contributed by atoms with Crippen LogP contribution in [0.15, 0.2) is 36.7 Å². The van der Waals surface area contributed by atoms with E-state index in [1.54, 1.807) is 4.52 Å². The van der Waals surface area contributed by atoms with Crippen LogP contribution in [0.5, 0.6) is 0 Å². The van der Waals surface area contributed by atoms with Crippen molar-refractivity contribution >= 4 is 11.6 Å². The van der Waals surface area contributed by atoms with E-state index in [-0.39, 0.29) is 0 Å². The molecule has 0 radical (unpaired) electrons. The van der Waals surface area contributed by atoms with E-state index < -0.39 is 0 Å². The number of aryl methyl sites for hydroxylation is 2. The molecule has 0 amide bonds. The van der Waals surface area contributed by atoms with Crippen LogP contribution in [0.4, 0.5) is 5.82 Å². The zero-order chi connectivity index (χ0) is 15.4. The summed E-state index contributed by atoms with van der Waals surface area (Å²) in [5.41, 5.74) is 3.74. The Labute approximate surface area is 130 Å². The fourth-order valence-electron chi connectivity index (χ4n) is 2.44. The first-order valence-corrected chi connectivity index (χ1v) is 7.81. The molecule has 5 heteroatoms. The molecule has 22 heavy (non-hydrogen) atoms. The summed E-state index contributed by atoms with van der Waals surface area (Å²) in [4.78, 5) is 8.62. The molecule has 114 valence electrons. The molecule has 0 aliphatic rings. The third kappa shape index (κ3) is 3.08. The maximum absolute atomic E-state index is 4.45. The van der Waals surface area contributed by atoms with Crippen LogP contribution >= 0.6 is 0 Å². The molecule has 0 bridgehead atoms. The molecule has 0 fully saturated rings. The number of anilines is 1. The van der Waals surface area contributed by atoms with Gasteiger partial charge in [-0.3, -0.25) is 0 Å². The monoisotopic (exact) mass is 295 g/mol. The van der Waals surface area contributed by atoms with Crippen molar-refractivity contribution in [2.75, 3.05) is 11.9 Å². The van der Waals surface area contributed by atoms with Gasteiger partial charge in [0.25, 0.3) is 5.78 Å². The van der Waals surface area contributed by atoms with Crippen LogP contribution in [-0.2, 0) is 19.3 Å². The summed E-state index contributed by atoms with van der Waals surface area (Å²) in [6.07, 6.45) is 4.48. The lowest BCUT2D eigenvalue weighted by Gasteiger charge is -2.09. The normalized spacial score (nSPS) is 11.0. The molecular weight excluding hydrogens is 274 g/mol. The Morgan fingerprint density at radius 2 is 1.82 bits per heavy atom. The van der Waals surface area contributed by atoms with Gasteiger partial charge in [0, 0.05) is 18.3 Å². The molecule has 0 saturated carbocycles. The molecule has 0 spiro atoms. The molecule has 2 heterocycles. The van der Waals surface area contributed by atoms with E-state index in [0.29, 0.717) is 5.78 Å². The van der Waals surface area contributed by atoms with Crippen LogP contribution in [0.2, 0.25) is 0 Å². The molecular formula is C17H21N5.